The third kappa shape index (κ3) is 2.36. The summed E-state index contributed by atoms with van der Waals surface area (Å²) < 4.78 is 0. The molecule has 1 heterocycles. The SMILES string of the molecule is C=CCN1C(=O)CC(=O)N1Cc1ccccc1. The zero-order valence-electron chi connectivity index (χ0n) is 9.50. The van der Waals surface area contributed by atoms with Gasteiger partial charge in [0, 0.05) is 0 Å². The van der Waals surface area contributed by atoms with Gasteiger partial charge in [-0.1, -0.05) is 36.4 Å². The van der Waals surface area contributed by atoms with E-state index in [1.54, 1.807) is 6.08 Å². The number of hydrogen-bond donors (Lipinski definition) is 0. The molecule has 1 fully saturated rings. The van der Waals surface area contributed by atoms with Crippen LogP contribution in [0.3, 0.4) is 0 Å². The Balaban J connectivity index is 2.15. The minimum atomic E-state index is -0.161. The molecule has 1 saturated heterocycles. The molecule has 0 spiro atoms. The van der Waals surface area contributed by atoms with E-state index in [9.17, 15) is 9.59 Å². The highest BCUT2D eigenvalue weighted by molar-refractivity contribution is 6.02. The molecule has 1 aromatic rings. The first-order valence-corrected chi connectivity index (χ1v) is 5.48. The van der Waals surface area contributed by atoms with Crippen molar-refractivity contribution in [2.45, 2.75) is 13.0 Å². The van der Waals surface area contributed by atoms with Crippen LogP contribution >= 0.6 is 0 Å². The predicted molar refractivity (Wildman–Crippen MR) is 63.5 cm³/mol. The van der Waals surface area contributed by atoms with Crippen LogP contribution in [-0.2, 0) is 16.1 Å². The van der Waals surface area contributed by atoms with Crippen molar-refractivity contribution in [2.75, 3.05) is 6.54 Å². The summed E-state index contributed by atoms with van der Waals surface area (Å²) in [6, 6.07) is 9.61. The van der Waals surface area contributed by atoms with Gasteiger partial charge in [-0.2, -0.15) is 0 Å². The number of benzene rings is 1. The van der Waals surface area contributed by atoms with Crippen molar-refractivity contribution in [3.05, 3.63) is 48.6 Å². The maximum Gasteiger partial charge on any atom is 0.250 e. The average molecular weight is 230 g/mol. The fraction of sp³-hybridized carbons (Fsp3) is 0.231. The van der Waals surface area contributed by atoms with Crippen LogP contribution in [0.5, 0.6) is 0 Å². The molecule has 17 heavy (non-hydrogen) atoms. The van der Waals surface area contributed by atoms with E-state index in [2.05, 4.69) is 6.58 Å². The van der Waals surface area contributed by atoms with E-state index in [4.69, 9.17) is 0 Å². The molecule has 0 unspecified atom stereocenters. The smallest absolute Gasteiger partial charge is 0.250 e. The van der Waals surface area contributed by atoms with Gasteiger partial charge in [-0.05, 0) is 5.56 Å². The lowest BCUT2D eigenvalue weighted by atomic mass is 10.2. The Kier molecular flexibility index (Phi) is 3.23. The van der Waals surface area contributed by atoms with Crippen LogP contribution in [0, 0.1) is 0 Å². The van der Waals surface area contributed by atoms with E-state index in [1.165, 1.54) is 10.0 Å². The summed E-state index contributed by atoms with van der Waals surface area (Å²) >= 11 is 0. The van der Waals surface area contributed by atoms with Gasteiger partial charge in [0.1, 0.15) is 6.42 Å². The molecule has 0 N–H and O–H groups in total. The van der Waals surface area contributed by atoms with Crippen LogP contribution in [0.2, 0.25) is 0 Å². The maximum atomic E-state index is 11.7. The third-order valence-electron chi connectivity index (χ3n) is 2.65. The number of amides is 2. The first-order chi connectivity index (χ1) is 8.22. The normalized spacial score (nSPS) is 15.5. The topological polar surface area (TPSA) is 40.6 Å². The third-order valence-corrected chi connectivity index (χ3v) is 2.65. The molecule has 2 rings (SSSR count). The summed E-state index contributed by atoms with van der Waals surface area (Å²) in [6.07, 6.45) is 1.58. The fourth-order valence-electron chi connectivity index (χ4n) is 1.83. The van der Waals surface area contributed by atoms with Crippen molar-refractivity contribution >= 4 is 11.8 Å². The Morgan fingerprint density at radius 3 is 2.41 bits per heavy atom. The standard InChI is InChI=1S/C13H14N2O2/c1-2-8-14-12(16)9-13(17)15(14)10-11-6-4-3-5-7-11/h2-7H,1,8-10H2. The maximum absolute atomic E-state index is 11.7. The number of carbonyl (C=O) groups excluding carboxylic acids is 2. The zero-order chi connectivity index (χ0) is 12.3. The van der Waals surface area contributed by atoms with Gasteiger partial charge in [0.05, 0.1) is 13.1 Å². The van der Waals surface area contributed by atoms with Crippen molar-refractivity contribution in [2.24, 2.45) is 0 Å². The second-order valence-electron chi connectivity index (χ2n) is 3.88. The Morgan fingerprint density at radius 1 is 1.12 bits per heavy atom. The van der Waals surface area contributed by atoms with Gasteiger partial charge < -0.3 is 0 Å². The zero-order valence-corrected chi connectivity index (χ0v) is 9.50. The largest absolute Gasteiger partial charge is 0.272 e. The molecular weight excluding hydrogens is 216 g/mol. The van der Waals surface area contributed by atoms with E-state index < -0.39 is 0 Å². The van der Waals surface area contributed by atoms with Crippen molar-refractivity contribution in [1.82, 2.24) is 10.0 Å². The number of hydrogen-bond acceptors (Lipinski definition) is 2. The van der Waals surface area contributed by atoms with E-state index in [0.717, 1.165) is 5.56 Å². The van der Waals surface area contributed by atoms with Crippen LogP contribution in [-0.4, -0.2) is 28.4 Å². The van der Waals surface area contributed by atoms with E-state index in [1.807, 2.05) is 30.3 Å². The van der Waals surface area contributed by atoms with Crippen LogP contribution in [0.4, 0.5) is 0 Å². The van der Waals surface area contributed by atoms with Gasteiger partial charge in [0.2, 0.25) is 0 Å². The van der Waals surface area contributed by atoms with E-state index >= 15 is 0 Å². The van der Waals surface area contributed by atoms with E-state index in [-0.39, 0.29) is 18.2 Å². The molecule has 0 radical (unpaired) electrons. The van der Waals surface area contributed by atoms with Crippen LogP contribution in [0.15, 0.2) is 43.0 Å². The highest BCUT2D eigenvalue weighted by Gasteiger charge is 2.34. The van der Waals surface area contributed by atoms with Crippen molar-refractivity contribution in [3.8, 4) is 0 Å². The lowest BCUT2D eigenvalue weighted by Crippen LogP contribution is -2.40. The molecule has 4 heteroatoms. The van der Waals surface area contributed by atoms with Crippen LogP contribution in [0.25, 0.3) is 0 Å². The van der Waals surface area contributed by atoms with Gasteiger partial charge in [0.15, 0.2) is 0 Å². The average Bonchev–Trinajstić information content (AvgIpc) is 2.58. The summed E-state index contributed by atoms with van der Waals surface area (Å²) in [5, 5.41) is 2.93. The second kappa shape index (κ2) is 4.82. The number of nitrogens with zero attached hydrogens (tertiary/aromatic N) is 2. The Hall–Kier alpha value is -2.10. The van der Waals surface area contributed by atoms with Crippen molar-refractivity contribution in [3.63, 3.8) is 0 Å². The molecule has 0 aliphatic carbocycles. The molecule has 2 amide bonds. The van der Waals surface area contributed by atoms with Gasteiger partial charge >= 0.3 is 0 Å². The van der Waals surface area contributed by atoms with Gasteiger partial charge in [0.25, 0.3) is 11.8 Å². The van der Waals surface area contributed by atoms with Crippen LogP contribution < -0.4 is 0 Å². The molecule has 1 aliphatic heterocycles. The lowest BCUT2D eigenvalue weighted by molar-refractivity contribution is -0.146. The highest BCUT2D eigenvalue weighted by Crippen LogP contribution is 2.17. The fourth-order valence-corrected chi connectivity index (χ4v) is 1.83. The number of rotatable bonds is 4. The first kappa shape index (κ1) is 11.4. The summed E-state index contributed by atoms with van der Waals surface area (Å²) in [5.74, 6) is -0.313. The quantitative estimate of drug-likeness (QED) is 0.578. The number of carbonyl (C=O) groups is 2. The molecule has 0 aromatic heterocycles. The van der Waals surface area contributed by atoms with E-state index in [0.29, 0.717) is 13.1 Å². The summed E-state index contributed by atoms with van der Waals surface area (Å²) in [6.45, 7) is 4.40. The molecule has 1 aliphatic rings. The Morgan fingerprint density at radius 2 is 1.76 bits per heavy atom. The molecule has 4 nitrogen and oxygen atoms in total. The van der Waals surface area contributed by atoms with Gasteiger partial charge in [-0.15, -0.1) is 6.58 Å². The summed E-state index contributed by atoms with van der Waals surface area (Å²) in [4.78, 5) is 23.3. The predicted octanol–water partition coefficient (Wildman–Crippen LogP) is 1.35. The molecule has 88 valence electrons. The molecular formula is C13H14N2O2. The van der Waals surface area contributed by atoms with Crippen LogP contribution in [0.1, 0.15) is 12.0 Å². The monoisotopic (exact) mass is 230 g/mol. The summed E-state index contributed by atoms with van der Waals surface area (Å²) in [5.41, 5.74) is 1.00. The number of hydrazine groups is 1. The molecule has 0 bridgehead atoms. The molecule has 0 atom stereocenters. The second-order valence-corrected chi connectivity index (χ2v) is 3.88. The Bertz CT molecular complexity index is 442. The summed E-state index contributed by atoms with van der Waals surface area (Å²) in [7, 11) is 0. The van der Waals surface area contributed by atoms with Crippen molar-refractivity contribution in [1.29, 1.82) is 0 Å². The minimum absolute atomic E-state index is 0.0410. The minimum Gasteiger partial charge on any atom is -0.272 e. The Labute approximate surface area is 100 Å². The van der Waals surface area contributed by atoms with Gasteiger partial charge in [-0.25, -0.2) is 10.0 Å². The first-order valence-electron chi connectivity index (χ1n) is 5.48. The highest BCUT2D eigenvalue weighted by atomic mass is 16.2. The lowest BCUT2D eigenvalue weighted by Gasteiger charge is -2.26. The molecule has 1 aromatic carbocycles. The molecule has 0 saturated carbocycles. The van der Waals surface area contributed by atoms with Crippen molar-refractivity contribution < 1.29 is 9.59 Å². The van der Waals surface area contributed by atoms with Gasteiger partial charge in [-0.3, -0.25) is 9.59 Å².